The number of halogens is 1. The van der Waals surface area contributed by atoms with Gasteiger partial charge in [-0.25, -0.2) is 14.2 Å². The van der Waals surface area contributed by atoms with Crippen LogP contribution >= 0.6 is 0 Å². The number of benzene rings is 1. The Bertz CT molecular complexity index is 633. The molecule has 0 aromatic heterocycles. The summed E-state index contributed by atoms with van der Waals surface area (Å²) < 4.78 is 12.6. The standard InChI is InChI=1S/C15H16FN3O4/c16-8-12(15(22)23)17-14(21)11-6-7-13(20)19(18-11)9-10-4-2-1-3-5-10/h1-5,12H,6-9H2,(H,17,21)(H,22,23). The van der Waals surface area contributed by atoms with Crippen molar-refractivity contribution in [3.8, 4) is 0 Å². The van der Waals surface area contributed by atoms with Crippen molar-refractivity contribution < 1.29 is 23.9 Å². The third kappa shape index (κ3) is 4.35. The molecule has 2 N–H and O–H groups in total. The van der Waals surface area contributed by atoms with Gasteiger partial charge in [0.2, 0.25) is 5.91 Å². The van der Waals surface area contributed by atoms with Crippen LogP contribution in [0.5, 0.6) is 0 Å². The predicted octanol–water partition coefficient (Wildman–Crippen LogP) is 0.704. The summed E-state index contributed by atoms with van der Waals surface area (Å²) in [5.41, 5.74) is 0.860. The van der Waals surface area contributed by atoms with Crippen LogP contribution in [0.25, 0.3) is 0 Å². The topological polar surface area (TPSA) is 99.1 Å². The molecule has 0 saturated carbocycles. The lowest BCUT2D eigenvalue weighted by Gasteiger charge is -2.23. The molecule has 8 heteroatoms. The van der Waals surface area contributed by atoms with Crippen molar-refractivity contribution in [1.82, 2.24) is 10.3 Å². The van der Waals surface area contributed by atoms with Gasteiger partial charge in [-0.05, 0) is 5.56 Å². The van der Waals surface area contributed by atoms with Crippen LogP contribution in [0.4, 0.5) is 4.39 Å². The van der Waals surface area contributed by atoms with E-state index in [0.29, 0.717) is 0 Å². The van der Waals surface area contributed by atoms with Gasteiger partial charge in [0.15, 0.2) is 6.04 Å². The third-order valence-electron chi connectivity index (χ3n) is 3.30. The Balaban J connectivity index is 2.09. The molecule has 0 radical (unpaired) electrons. The van der Waals surface area contributed by atoms with Gasteiger partial charge >= 0.3 is 5.97 Å². The fourth-order valence-electron chi connectivity index (χ4n) is 2.05. The average Bonchev–Trinajstić information content (AvgIpc) is 2.55. The van der Waals surface area contributed by atoms with Crippen molar-refractivity contribution >= 4 is 23.5 Å². The van der Waals surface area contributed by atoms with E-state index in [4.69, 9.17) is 5.11 Å². The SMILES string of the molecule is O=C(NC(CF)C(=O)O)C1=NN(Cc2ccccc2)C(=O)CC1. The highest BCUT2D eigenvalue weighted by atomic mass is 19.1. The number of rotatable bonds is 6. The van der Waals surface area contributed by atoms with Gasteiger partial charge in [0.05, 0.1) is 6.54 Å². The van der Waals surface area contributed by atoms with E-state index in [-0.39, 0.29) is 31.0 Å². The van der Waals surface area contributed by atoms with Crippen molar-refractivity contribution in [1.29, 1.82) is 0 Å². The van der Waals surface area contributed by atoms with Crippen molar-refractivity contribution in [3.05, 3.63) is 35.9 Å². The van der Waals surface area contributed by atoms with E-state index in [2.05, 4.69) is 10.4 Å². The van der Waals surface area contributed by atoms with E-state index >= 15 is 0 Å². The molecule has 7 nitrogen and oxygen atoms in total. The summed E-state index contributed by atoms with van der Waals surface area (Å²) in [6.07, 6.45) is 0.182. The van der Waals surface area contributed by atoms with Gasteiger partial charge < -0.3 is 10.4 Å². The third-order valence-corrected chi connectivity index (χ3v) is 3.30. The first-order valence-corrected chi connectivity index (χ1v) is 7.02. The summed E-state index contributed by atoms with van der Waals surface area (Å²) in [4.78, 5) is 34.6. The Morgan fingerprint density at radius 1 is 1.30 bits per heavy atom. The Morgan fingerprint density at radius 3 is 2.61 bits per heavy atom. The first-order chi connectivity index (χ1) is 11.0. The minimum Gasteiger partial charge on any atom is -0.480 e. The van der Waals surface area contributed by atoms with E-state index < -0.39 is 24.6 Å². The molecule has 0 spiro atoms. The summed E-state index contributed by atoms with van der Waals surface area (Å²) >= 11 is 0. The highest BCUT2D eigenvalue weighted by molar-refractivity contribution is 6.39. The van der Waals surface area contributed by atoms with Crippen molar-refractivity contribution in [2.45, 2.75) is 25.4 Å². The van der Waals surface area contributed by atoms with Crippen LogP contribution in [-0.4, -0.2) is 46.3 Å². The van der Waals surface area contributed by atoms with E-state index in [1.54, 1.807) is 0 Å². The largest absolute Gasteiger partial charge is 0.480 e. The molecular weight excluding hydrogens is 305 g/mol. The number of aliphatic carboxylic acids is 1. The maximum Gasteiger partial charge on any atom is 0.328 e. The number of carbonyl (C=O) groups is 3. The summed E-state index contributed by atoms with van der Waals surface area (Å²) in [7, 11) is 0. The monoisotopic (exact) mass is 321 g/mol. The van der Waals surface area contributed by atoms with Gasteiger partial charge in [0.25, 0.3) is 5.91 Å². The second-order valence-corrected chi connectivity index (χ2v) is 5.00. The summed E-state index contributed by atoms with van der Waals surface area (Å²) in [6, 6.07) is 7.50. The zero-order valence-electron chi connectivity index (χ0n) is 12.2. The number of hydrogen-bond donors (Lipinski definition) is 2. The molecule has 0 saturated heterocycles. The lowest BCUT2D eigenvalue weighted by Crippen LogP contribution is -2.47. The number of carbonyl (C=O) groups excluding carboxylic acids is 2. The Labute approximate surface area is 131 Å². The van der Waals surface area contributed by atoms with Crippen molar-refractivity contribution in [3.63, 3.8) is 0 Å². The smallest absolute Gasteiger partial charge is 0.328 e. The molecule has 2 rings (SSSR count). The number of hydrazone groups is 1. The molecule has 1 atom stereocenters. The van der Waals surface area contributed by atoms with Gasteiger partial charge in [-0.15, -0.1) is 0 Å². The molecule has 0 fully saturated rings. The lowest BCUT2D eigenvalue weighted by atomic mass is 10.1. The Morgan fingerprint density at radius 2 is 2.00 bits per heavy atom. The van der Waals surface area contributed by atoms with E-state index in [1.807, 2.05) is 30.3 Å². The molecule has 1 aliphatic rings. The molecule has 122 valence electrons. The zero-order chi connectivity index (χ0) is 16.8. The summed E-state index contributed by atoms with van der Waals surface area (Å²) in [5.74, 6) is -2.47. The molecular formula is C15H16FN3O4. The molecule has 23 heavy (non-hydrogen) atoms. The molecule has 1 aromatic carbocycles. The molecule has 1 unspecified atom stereocenters. The van der Waals surface area contributed by atoms with E-state index in [0.717, 1.165) is 5.56 Å². The van der Waals surface area contributed by atoms with Crippen LogP contribution in [0, 0.1) is 0 Å². The molecule has 0 bridgehead atoms. The first kappa shape index (κ1) is 16.6. The van der Waals surface area contributed by atoms with Gasteiger partial charge in [-0.1, -0.05) is 30.3 Å². The fourth-order valence-corrected chi connectivity index (χ4v) is 2.05. The molecule has 1 heterocycles. The number of carboxylic acid groups (broad SMARTS) is 1. The maximum absolute atomic E-state index is 12.6. The van der Waals surface area contributed by atoms with Gasteiger partial charge in [-0.2, -0.15) is 5.10 Å². The molecule has 0 aliphatic carbocycles. The van der Waals surface area contributed by atoms with Crippen LogP contribution in [0.3, 0.4) is 0 Å². The van der Waals surface area contributed by atoms with Crippen molar-refractivity contribution in [2.75, 3.05) is 6.67 Å². The molecule has 1 aromatic rings. The second kappa shape index (κ2) is 7.48. The highest BCUT2D eigenvalue weighted by Gasteiger charge is 2.27. The van der Waals surface area contributed by atoms with Gasteiger partial charge in [-0.3, -0.25) is 9.59 Å². The van der Waals surface area contributed by atoms with Crippen LogP contribution in [0.2, 0.25) is 0 Å². The predicted molar refractivity (Wildman–Crippen MR) is 79.2 cm³/mol. The van der Waals surface area contributed by atoms with Crippen LogP contribution in [-0.2, 0) is 20.9 Å². The number of carboxylic acids is 1. The van der Waals surface area contributed by atoms with Crippen LogP contribution < -0.4 is 5.32 Å². The van der Waals surface area contributed by atoms with E-state index in [9.17, 15) is 18.8 Å². The number of nitrogens with one attached hydrogen (secondary N) is 1. The van der Waals surface area contributed by atoms with Crippen LogP contribution in [0.1, 0.15) is 18.4 Å². The molecule has 1 aliphatic heterocycles. The average molecular weight is 321 g/mol. The minimum atomic E-state index is -1.62. The number of amides is 2. The number of alkyl halides is 1. The fraction of sp³-hybridized carbons (Fsp3) is 0.333. The van der Waals surface area contributed by atoms with Crippen molar-refractivity contribution in [2.24, 2.45) is 5.10 Å². The minimum absolute atomic E-state index is 0.0141. The maximum atomic E-state index is 12.6. The highest BCUT2D eigenvalue weighted by Crippen LogP contribution is 2.13. The Kier molecular flexibility index (Phi) is 5.40. The Hall–Kier alpha value is -2.77. The summed E-state index contributed by atoms with van der Waals surface area (Å²) in [5, 5.41) is 15.9. The quantitative estimate of drug-likeness (QED) is 0.806. The van der Waals surface area contributed by atoms with Gasteiger partial charge in [0, 0.05) is 12.8 Å². The normalized spacial score (nSPS) is 15.8. The number of nitrogens with zero attached hydrogens (tertiary/aromatic N) is 2. The molecule has 2 amide bonds. The van der Waals surface area contributed by atoms with Gasteiger partial charge in [0.1, 0.15) is 12.4 Å². The second-order valence-electron chi connectivity index (χ2n) is 5.00. The summed E-state index contributed by atoms with van der Waals surface area (Å²) in [6.45, 7) is -1.01. The van der Waals surface area contributed by atoms with E-state index in [1.165, 1.54) is 5.01 Å². The first-order valence-electron chi connectivity index (χ1n) is 7.02. The number of hydrogen-bond acceptors (Lipinski definition) is 4. The lowest BCUT2D eigenvalue weighted by molar-refractivity contribution is -0.141. The zero-order valence-corrected chi connectivity index (χ0v) is 12.2. The van der Waals surface area contributed by atoms with Crippen LogP contribution in [0.15, 0.2) is 35.4 Å².